The van der Waals surface area contributed by atoms with Gasteiger partial charge in [-0.2, -0.15) is 0 Å². The first-order valence-electron chi connectivity index (χ1n) is 8.48. The van der Waals surface area contributed by atoms with Crippen LogP contribution in [0.1, 0.15) is 29.0 Å². The highest BCUT2D eigenvalue weighted by Gasteiger charge is 2.13. The van der Waals surface area contributed by atoms with Gasteiger partial charge in [0.15, 0.2) is 0 Å². The molecule has 0 aliphatic heterocycles. The summed E-state index contributed by atoms with van der Waals surface area (Å²) in [6, 6.07) is 32.4. The average Bonchev–Trinajstić information content (AvgIpc) is 2.62. The maximum atomic E-state index is 2.32. The summed E-state index contributed by atoms with van der Waals surface area (Å²) in [5.41, 5.74) is 4.24. The van der Waals surface area contributed by atoms with Gasteiger partial charge in [-0.25, -0.2) is 0 Å². The normalized spacial score (nSPS) is 11.4. The third kappa shape index (κ3) is 4.43. The van der Waals surface area contributed by atoms with E-state index in [9.17, 15) is 0 Å². The van der Waals surface area contributed by atoms with Crippen molar-refractivity contribution in [3.05, 3.63) is 102 Å². The molecule has 0 amide bonds. The Bertz CT molecular complexity index is 662. The topological polar surface area (TPSA) is 0 Å². The molecular formula is C22H24Si. The predicted octanol–water partition coefficient (Wildman–Crippen LogP) is 4.43. The van der Waals surface area contributed by atoms with Crippen LogP contribution in [-0.2, 0) is 0 Å². The second-order valence-electron chi connectivity index (χ2n) is 6.25. The standard InChI is InChI=1S/C22H24Si/c1-18-12-14-21(15-13-18)23-17-16-22(19-8-4-2-5-9-19)20-10-6-3-7-11-20/h2-15,22H,16-17,23H2,1H3. The van der Waals surface area contributed by atoms with E-state index in [1.165, 1.54) is 29.2 Å². The van der Waals surface area contributed by atoms with Crippen LogP contribution in [0.4, 0.5) is 0 Å². The summed E-state index contributed by atoms with van der Waals surface area (Å²) in [6.45, 7) is 2.16. The summed E-state index contributed by atoms with van der Waals surface area (Å²) < 4.78 is 0. The summed E-state index contributed by atoms with van der Waals surface area (Å²) in [4.78, 5) is 0. The first-order chi connectivity index (χ1) is 11.3. The molecule has 0 aromatic heterocycles. The molecular weight excluding hydrogens is 292 g/mol. The molecule has 0 radical (unpaired) electrons. The SMILES string of the molecule is Cc1ccc([SiH2]CCC(c2ccccc2)c2ccccc2)cc1. The fourth-order valence-corrected chi connectivity index (χ4v) is 4.75. The van der Waals surface area contributed by atoms with Crippen molar-refractivity contribution in [1.29, 1.82) is 0 Å². The monoisotopic (exact) mass is 316 g/mol. The van der Waals surface area contributed by atoms with Crippen molar-refractivity contribution >= 4 is 14.7 Å². The van der Waals surface area contributed by atoms with E-state index in [1.807, 2.05) is 0 Å². The lowest BCUT2D eigenvalue weighted by molar-refractivity contribution is 0.775. The second kappa shape index (κ2) is 7.93. The largest absolute Gasteiger partial charge is 0.0669 e. The molecule has 0 unspecified atom stereocenters. The van der Waals surface area contributed by atoms with Crippen LogP contribution in [-0.4, -0.2) is 9.52 Å². The molecule has 3 rings (SSSR count). The lowest BCUT2D eigenvalue weighted by Crippen LogP contribution is -2.14. The molecule has 3 aromatic carbocycles. The summed E-state index contributed by atoms with van der Waals surface area (Å²) in [6.07, 6.45) is 1.24. The number of aryl methyl sites for hydroxylation is 1. The third-order valence-electron chi connectivity index (χ3n) is 4.48. The Morgan fingerprint density at radius 1 is 0.696 bits per heavy atom. The minimum atomic E-state index is -0.180. The van der Waals surface area contributed by atoms with Crippen LogP contribution < -0.4 is 5.19 Å². The molecule has 0 atom stereocenters. The first kappa shape index (κ1) is 15.8. The Kier molecular flexibility index (Phi) is 5.44. The smallest absolute Gasteiger partial charge is 0.0547 e. The van der Waals surface area contributed by atoms with Gasteiger partial charge >= 0.3 is 0 Å². The molecule has 0 spiro atoms. The fourth-order valence-electron chi connectivity index (χ4n) is 3.16. The van der Waals surface area contributed by atoms with Crippen LogP contribution in [0, 0.1) is 6.92 Å². The Morgan fingerprint density at radius 3 is 1.74 bits per heavy atom. The Morgan fingerprint density at radius 2 is 1.22 bits per heavy atom. The number of hydrogen-bond donors (Lipinski definition) is 0. The number of hydrogen-bond acceptors (Lipinski definition) is 0. The molecule has 0 aliphatic carbocycles. The zero-order valence-electron chi connectivity index (χ0n) is 13.8. The maximum absolute atomic E-state index is 2.32. The van der Waals surface area contributed by atoms with Gasteiger partial charge in [-0.1, -0.05) is 102 Å². The molecule has 1 heteroatoms. The highest BCUT2D eigenvalue weighted by molar-refractivity contribution is 6.53. The Hall–Kier alpha value is -2.12. The van der Waals surface area contributed by atoms with Crippen LogP contribution in [0.3, 0.4) is 0 Å². The second-order valence-corrected chi connectivity index (χ2v) is 8.28. The van der Waals surface area contributed by atoms with E-state index in [1.54, 1.807) is 5.19 Å². The van der Waals surface area contributed by atoms with Crippen LogP contribution in [0.25, 0.3) is 0 Å². The Labute approximate surface area is 142 Å². The summed E-state index contributed by atoms with van der Waals surface area (Å²) in [5, 5.41) is 1.58. The van der Waals surface area contributed by atoms with E-state index < -0.39 is 0 Å². The van der Waals surface area contributed by atoms with Crippen molar-refractivity contribution in [2.45, 2.75) is 25.3 Å². The zero-order chi connectivity index (χ0) is 15.9. The van der Waals surface area contributed by atoms with E-state index in [-0.39, 0.29) is 9.52 Å². The quantitative estimate of drug-likeness (QED) is 0.590. The molecule has 0 bridgehead atoms. The van der Waals surface area contributed by atoms with Crippen LogP contribution >= 0.6 is 0 Å². The van der Waals surface area contributed by atoms with Crippen molar-refractivity contribution in [2.24, 2.45) is 0 Å². The van der Waals surface area contributed by atoms with Crippen LogP contribution in [0.2, 0.25) is 6.04 Å². The van der Waals surface area contributed by atoms with Crippen molar-refractivity contribution < 1.29 is 0 Å². The van der Waals surface area contributed by atoms with Gasteiger partial charge in [0.05, 0.1) is 9.52 Å². The summed E-state index contributed by atoms with van der Waals surface area (Å²) in [5.74, 6) is 0.523. The summed E-state index contributed by atoms with van der Waals surface area (Å²) in [7, 11) is -0.180. The van der Waals surface area contributed by atoms with Crippen molar-refractivity contribution in [1.82, 2.24) is 0 Å². The van der Waals surface area contributed by atoms with Gasteiger partial charge in [0.25, 0.3) is 0 Å². The fraction of sp³-hybridized carbons (Fsp3) is 0.182. The van der Waals surface area contributed by atoms with Crippen molar-refractivity contribution in [2.75, 3.05) is 0 Å². The molecule has 0 fully saturated rings. The highest BCUT2D eigenvalue weighted by Crippen LogP contribution is 2.28. The van der Waals surface area contributed by atoms with Gasteiger partial charge in [0.1, 0.15) is 0 Å². The molecule has 0 saturated carbocycles. The molecule has 0 aliphatic rings. The van der Waals surface area contributed by atoms with E-state index in [0.29, 0.717) is 5.92 Å². The molecule has 0 nitrogen and oxygen atoms in total. The molecule has 116 valence electrons. The minimum Gasteiger partial charge on any atom is -0.0669 e. The van der Waals surface area contributed by atoms with E-state index >= 15 is 0 Å². The van der Waals surface area contributed by atoms with Gasteiger partial charge in [-0.3, -0.25) is 0 Å². The Balaban J connectivity index is 1.71. The third-order valence-corrected chi connectivity index (χ3v) is 6.29. The van der Waals surface area contributed by atoms with Crippen LogP contribution in [0.15, 0.2) is 84.9 Å². The summed E-state index contributed by atoms with van der Waals surface area (Å²) >= 11 is 0. The highest BCUT2D eigenvalue weighted by atomic mass is 28.2. The van der Waals surface area contributed by atoms with Crippen LogP contribution in [0.5, 0.6) is 0 Å². The lowest BCUT2D eigenvalue weighted by atomic mass is 9.89. The van der Waals surface area contributed by atoms with E-state index in [2.05, 4.69) is 91.9 Å². The minimum absolute atomic E-state index is 0.180. The van der Waals surface area contributed by atoms with Gasteiger partial charge in [-0.05, 0) is 24.5 Å². The molecule has 23 heavy (non-hydrogen) atoms. The first-order valence-corrected chi connectivity index (χ1v) is 10.2. The average molecular weight is 317 g/mol. The van der Waals surface area contributed by atoms with E-state index in [4.69, 9.17) is 0 Å². The molecule has 0 heterocycles. The lowest BCUT2D eigenvalue weighted by Gasteiger charge is -2.18. The molecule has 3 aromatic rings. The zero-order valence-corrected chi connectivity index (χ0v) is 15.2. The van der Waals surface area contributed by atoms with E-state index in [0.717, 1.165) is 0 Å². The van der Waals surface area contributed by atoms with Crippen molar-refractivity contribution in [3.63, 3.8) is 0 Å². The van der Waals surface area contributed by atoms with Gasteiger partial charge in [-0.15, -0.1) is 0 Å². The number of benzene rings is 3. The number of rotatable bonds is 6. The molecule has 0 saturated heterocycles. The maximum Gasteiger partial charge on any atom is 0.0547 e. The van der Waals surface area contributed by atoms with Gasteiger partial charge in [0, 0.05) is 5.92 Å². The molecule has 0 N–H and O–H groups in total. The van der Waals surface area contributed by atoms with Gasteiger partial charge in [0.2, 0.25) is 0 Å². The van der Waals surface area contributed by atoms with Crippen molar-refractivity contribution in [3.8, 4) is 0 Å². The van der Waals surface area contributed by atoms with Gasteiger partial charge < -0.3 is 0 Å². The predicted molar refractivity (Wildman–Crippen MR) is 104 cm³/mol.